The summed E-state index contributed by atoms with van der Waals surface area (Å²) in [5.74, 6) is 1.29. The molecule has 0 fully saturated rings. The zero-order valence-corrected chi connectivity index (χ0v) is 9.17. The Labute approximate surface area is 85.5 Å². The largest absolute Gasteiger partial charge is 0.358 e. The first kappa shape index (κ1) is 10.5. The molecular weight excluding hydrogens is 206 g/mol. The van der Waals surface area contributed by atoms with Crippen LogP contribution in [0.1, 0.15) is 11.4 Å². The molecule has 0 saturated heterocycles. The van der Waals surface area contributed by atoms with Crippen molar-refractivity contribution in [1.82, 2.24) is 14.1 Å². The van der Waals surface area contributed by atoms with Crippen molar-refractivity contribution in [3.05, 3.63) is 11.4 Å². The van der Waals surface area contributed by atoms with Crippen LogP contribution in [0, 0.1) is 6.92 Å². The average Bonchev–Trinajstić information content (AvgIpc) is 2.52. The smallest absolute Gasteiger partial charge is 0.229 e. The van der Waals surface area contributed by atoms with Crippen LogP contribution < -0.4 is 5.32 Å². The molecule has 1 rings (SSSR count). The van der Waals surface area contributed by atoms with Gasteiger partial charge in [0.25, 0.3) is 0 Å². The summed E-state index contributed by atoms with van der Waals surface area (Å²) in [6.45, 7) is 1.93. The molecule has 6 heteroatoms. The Balaban J connectivity index is 2.28. The van der Waals surface area contributed by atoms with Crippen molar-refractivity contribution in [2.24, 2.45) is 0 Å². The minimum Gasteiger partial charge on any atom is -0.358 e. The van der Waals surface area contributed by atoms with Crippen molar-refractivity contribution in [3.8, 4) is 0 Å². The van der Waals surface area contributed by atoms with Crippen molar-refractivity contribution in [1.29, 1.82) is 0 Å². The summed E-state index contributed by atoms with van der Waals surface area (Å²) in [7, 11) is 1.64. The van der Waals surface area contributed by atoms with Gasteiger partial charge in [0.1, 0.15) is 0 Å². The number of thioether (sulfide) groups is 1. The minimum absolute atomic E-state index is 0.0471. The SMILES string of the molecule is CNC(=O)CSCc1nsnc1C. The molecule has 1 aromatic heterocycles. The molecule has 1 amide bonds. The van der Waals surface area contributed by atoms with Gasteiger partial charge in [-0.1, -0.05) is 0 Å². The van der Waals surface area contributed by atoms with E-state index in [1.54, 1.807) is 18.8 Å². The third kappa shape index (κ3) is 3.31. The third-order valence-electron chi connectivity index (χ3n) is 1.50. The van der Waals surface area contributed by atoms with Crippen molar-refractivity contribution in [2.45, 2.75) is 12.7 Å². The number of hydrogen-bond acceptors (Lipinski definition) is 5. The predicted molar refractivity (Wildman–Crippen MR) is 54.9 cm³/mol. The molecule has 72 valence electrons. The molecule has 13 heavy (non-hydrogen) atoms. The van der Waals surface area contributed by atoms with Gasteiger partial charge in [0, 0.05) is 12.8 Å². The van der Waals surface area contributed by atoms with Crippen LogP contribution in [0.3, 0.4) is 0 Å². The van der Waals surface area contributed by atoms with E-state index in [0.29, 0.717) is 5.75 Å². The summed E-state index contributed by atoms with van der Waals surface area (Å²) in [5, 5.41) is 2.57. The van der Waals surface area contributed by atoms with Crippen LogP contribution in [0.2, 0.25) is 0 Å². The van der Waals surface area contributed by atoms with Gasteiger partial charge in [-0.15, -0.1) is 11.8 Å². The molecule has 0 aliphatic heterocycles. The molecule has 0 unspecified atom stereocenters. The third-order valence-corrected chi connectivity index (χ3v) is 3.10. The topological polar surface area (TPSA) is 54.9 Å². The Hall–Kier alpha value is -0.620. The van der Waals surface area contributed by atoms with Gasteiger partial charge in [0.15, 0.2) is 0 Å². The average molecular weight is 217 g/mol. The lowest BCUT2D eigenvalue weighted by molar-refractivity contribution is -0.118. The highest BCUT2D eigenvalue weighted by atomic mass is 32.2. The number of rotatable bonds is 4. The first-order chi connectivity index (χ1) is 6.24. The van der Waals surface area contributed by atoms with E-state index in [1.807, 2.05) is 6.92 Å². The number of carbonyl (C=O) groups is 1. The number of nitrogens with one attached hydrogen (secondary N) is 1. The lowest BCUT2D eigenvalue weighted by Crippen LogP contribution is -2.19. The van der Waals surface area contributed by atoms with Crippen molar-refractivity contribution in [2.75, 3.05) is 12.8 Å². The normalized spacial score (nSPS) is 10.0. The lowest BCUT2D eigenvalue weighted by atomic mass is 10.4. The molecule has 1 heterocycles. The number of aryl methyl sites for hydroxylation is 1. The minimum atomic E-state index is 0.0471. The van der Waals surface area contributed by atoms with E-state index in [1.165, 1.54) is 11.7 Å². The Kier molecular flexibility index (Phi) is 4.17. The summed E-state index contributed by atoms with van der Waals surface area (Å²) >= 11 is 2.77. The van der Waals surface area contributed by atoms with Crippen molar-refractivity contribution in [3.63, 3.8) is 0 Å². The van der Waals surface area contributed by atoms with Gasteiger partial charge in [-0.3, -0.25) is 4.79 Å². The van der Waals surface area contributed by atoms with Gasteiger partial charge in [0.2, 0.25) is 5.91 Å². The lowest BCUT2D eigenvalue weighted by Gasteiger charge is -1.98. The molecular formula is C7H11N3OS2. The van der Waals surface area contributed by atoms with Crippen molar-refractivity contribution < 1.29 is 4.79 Å². The molecule has 0 aliphatic rings. The molecule has 0 radical (unpaired) electrons. The fraction of sp³-hybridized carbons (Fsp3) is 0.571. The number of nitrogens with zero attached hydrogens (tertiary/aromatic N) is 2. The molecule has 1 N–H and O–H groups in total. The summed E-state index contributed by atoms with van der Waals surface area (Å²) < 4.78 is 8.17. The highest BCUT2D eigenvalue weighted by Crippen LogP contribution is 2.13. The first-order valence-electron chi connectivity index (χ1n) is 3.80. The van der Waals surface area contributed by atoms with Gasteiger partial charge >= 0.3 is 0 Å². The summed E-state index contributed by atoms with van der Waals surface area (Å²) in [5.41, 5.74) is 1.95. The quantitative estimate of drug-likeness (QED) is 0.811. The van der Waals surface area contributed by atoms with E-state index in [9.17, 15) is 4.79 Å². The van der Waals surface area contributed by atoms with E-state index in [0.717, 1.165) is 17.1 Å². The van der Waals surface area contributed by atoms with Crippen LogP contribution in [0.4, 0.5) is 0 Å². The standard InChI is InChI=1S/C7H11N3OS2/c1-5-6(10-13-9-5)3-12-4-7(11)8-2/h3-4H2,1-2H3,(H,8,11). The van der Waals surface area contributed by atoms with Crippen LogP contribution in [0.5, 0.6) is 0 Å². The molecule has 0 spiro atoms. The Morgan fingerprint density at radius 2 is 2.38 bits per heavy atom. The first-order valence-corrected chi connectivity index (χ1v) is 5.69. The monoisotopic (exact) mass is 217 g/mol. The Bertz CT molecular complexity index is 287. The predicted octanol–water partition coefficient (Wildman–Crippen LogP) is 0.826. The zero-order chi connectivity index (χ0) is 9.68. The van der Waals surface area contributed by atoms with Gasteiger partial charge in [-0.05, 0) is 6.92 Å². The number of carbonyl (C=O) groups excluding carboxylic acids is 1. The van der Waals surface area contributed by atoms with Crippen LogP contribution in [-0.2, 0) is 10.5 Å². The maximum Gasteiger partial charge on any atom is 0.229 e. The van der Waals surface area contributed by atoms with Gasteiger partial charge in [-0.2, -0.15) is 8.75 Å². The fourth-order valence-electron chi connectivity index (χ4n) is 0.693. The Morgan fingerprint density at radius 1 is 1.62 bits per heavy atom. The maximum absolute atomic E-state index is 10.9. The second-order valence-electron chi connectivity index (χ2n) is 2.46. The fourth-order valence-corrected chi connectivity index (χ4v) is 2.24. The second kappa shape index (κ2) is 5.18. The molecule has 1 aromatic rings. The molecule has 0 aliphatic carbocycles. The number of amides is 1. The molecule has 0 aromatic carbocycles. The van der Waals surface area contributed by atoms with E-state index < -0.39 is 0 Å². The van der Waals surface area contributed by atoms with Gasteiger partial charge in [0.05, 0.1) is 28.9 Å². The molecule has 0 bridgehead atoms. The van der Waals surface area contributed by atoms with Crippen LogP contribution >= 0.6 is 23.5 Å². The summed E-state index contributed by atoms with van der Waals surface area (Å²) in [6, 6.07) is 0. The van der Waals surface area contributed by atoms with E-state index in [2.05, 4.69) is 14.1 Å². The van der Waals surface area contributed by atoms with Crippen LogP contribution in [-0.4, -0.2) is 27.5 Å². The van der Waals surface area contributed by atoms with E-state index >= 15 is 0 Å². The van der Waals surface area contributed by atoms with Gasteiger partial charge < -0.3 is 5.32 Å². The number of hydrogen-bond donors (Lipinski definition) is 1. The molecule has 0 saturated carbocycles. The summed E-state index contributed by atoms with van der Waals surface area (Å²) in [4.78, 5) is 10.9. The molecule has 0 atom stereocenters. The zero-order valence-electron chi connectivity index (χ0n) is 7.53. The highest BCUT2D eigenvalue weighted by molar-refractivity contribution is 7.99. The van der Waals surface area contributed by atoms with Crippen LogP contribution in [0.15, 0.2) is 0 Å². The van der Waals surface area contributed by atoms with E-state index in [4.69, 9.17) is 0 Å². The maximum atomic E-state index is 10.9. The highest BCUT2D eigenvalue weighted by Gasteiger charge is 2.04. The van der Waals surface area contributed by atoms with E-state index in [-0.39, 0.29) is 5.91 Å². The molecule has 4 nitrogen and oxygen atoms in total. The van der Waals surface area contributed by atoms with Crippen molar-refractivity contribution >= 4 is 29.4 Å². The Morgan fingerprint density at radius 3 is 2.92 bits per heavy atom. The second-order valence-corrected chi connectivity index (χ2v) is 3.98. The number of aromatic nitrogens is 2. The summed E-state index contributed by atoms with van der Waals surface area (Å²) in [6.07, 6.45) is 0. The van der Waals surface area contributed by atoms with Crippen LogP contribution in [0.25, 0.3) is 0 Å². The van der Waals surface area contributed by atoms with Gasteiger partial charge in [-0.25, -0.2) is 0 Å².